The van der Waals surface area contributed by atoms with Crippen LogP contribution < -0.4 is 0 Å². The Bertz CT molecular complexity index is 756. The summed E-state index contributed by atoms with van der Waals surface area (Å²) in [5.74, 6) is 2.61. The minimum atomic E-state index is 0.0707. The van der Waals surface area contributed by atoms with E-state index in [1.807, 2.05) is 18.2 Å². The van der Waals surface area contributed by atoms with Crippen molar-refractivity contribution >= 4 is 23.7 Å². The van der Waals surface area contributed by atoms with Gasteiger partial charge in [-0.3, -0.25) is 4.99 Å². The molecule has 0 spiro atoms. The molecule has 102 valence electrons. The monoisotopic (exact) mass is 276 g/mol. The van der Waals surface area contributed by atoms with Crippen LogP contribution in [0.4, 0.5) is 11.4 Å². The molecule has 0 aliphatic rings. The van der Waals surface area contributed by atoms with Gasteiger partial charge in [-0.1, -0.05) is 12.0 Å². The summed E-state index contributed by atoms with van der Waals surface area (Å²) in [4.78, 5) is 14.7. The van der Waals surface area contributed by atoms with Gasteiger partial charge in [0.2, 0.25) is 0 Å². The zero-order valence-electron chi connectivity index (χ0n) is 11.1. The van der Waals surface area contributed by atoms with Gasteiger partial charge in [-0.05, 0) is 53.7 Å². The largest absolute Gasteiger partial charge is 0.507 e. The highest BCUT2D eigenvalue weighted by Crippen LogP contribution is 2.24. The van der Waals surface area contributed by atoms with Crippen LogP contribution in [0, 0.1) is 17.3 Å². The maximum Gasteiger partial charge on any atom is 0.122 e. The van der Waals surface area contributed by atoms with Crippen LogP contribution in [-0.4, -0.2) is 11.3 Å². The van der Waals surface area contributed by atoms with Crippen molar-refractivity contribution in [3.63, 3.8) is 0 Å². The fourth-order valence-electron chi connectivity index (χ4n) is 1.68. The van der Waals surface area contributed by atoms with Crippen LogP contribution in [0.5, 0.6) is 5.75 Å². The Labute approximate surface area is 122 Å². The second kappa shape index (κ2) is 6.83. The van der Waals surface area contributed by atoms with E-state index in [-0.39, 0.29) is 11.4 Å². The van der Waals surface area contributed by atoms with Crippen LogP contribution >= 0.6 is 0 Å². The molecule has 0 unspecified atom stereocenters. The summed E-state index contributed by atoms with van der Waals surface area (Å²) < 4.78 is 0. The number of nitrogens with zero attached hydrogens (tertiary/aromatic N) is 2. The lowest BCUT2D eigenvalue weighted by Gasteiger charge is -1.98. The first-order chi connectivity index (χ1) is 10.2. The quantitative estimate of drug-likeness (QED) is 0.517. The number of phenolic OH excluding ortho intramolecular Hbond substituents is 1. The molecular formula is C17H12N2O2. The first kappa shape index (κ1) is 14.2. The highest BCUT2D eigenvalue weighted by Gasteiger charge is 1.99. The van der Waals surface area contributed by atoms with E-state index in [0.29, 0.717) is 5.56 Å². The Kier molecular flexibility index (Phi) is 4.62. The first-order valence-corrected chi connectivity index (χ1v) is 6.17. The van der Waals surface area contributed by atoms with E-state index < -0.39 is 0 Å². The van der Waals surface area contributed by atoms with E-state index in [0.717, 1.165) is 11.3 Å². The van der Waals surface area contributed by atoms with E-state index in [9.17, 15) is 10.0 Å². The lowest BCUT2D eigenvalue weighted by Crippen LogP contribution is -1.75. The summed E-state index contributed by atoms with van der Waals surface area (Å²) in [6.45, 7) is 0. The molecule has 21 heavy (non-hydrogen) atoms. The molecule has 0 fully saturated rings. The molecule has 2 aromatic carbocycles. The molecule has 0 saturated carbocycles. The molecule has 0 aliphatic carbocycles. The van der Waals surface area contributed by atoms with Crippen LogP contribution in [-0.2, 0) is 0 Å². The normalized spacial score (nSPS) is 10.8. The summed E-state index contributed by atoms with van der Waals surface area (Å²) in [6.07, 6.45) is 10.2. The van der Waals surface area contributed by atoms with Gasteiger partial charge in [0, 0.05) is 17.3 Å². The van der Waals surface area contributed by atoms with Crippen LogP contribution in [0.2, 0.25) is 0 Å². The van der Waals surface area contributed by atoms with Crippen molar-refractivity contribution in [3.05, 3.63) is 64.6 Å². The minimum Gasteiger partial charge on any atom is -0.507 e. The molecule has 0 atom stereocenters. The molecule has 0 aromatic heterocycles. The second-order valence-corrected chi connectivity index (χ2v) is 4.17. The third-order valence-corrected chi connectivity index (χ3v) is 2.71. The summed E-state index contributed by atoms with van der Waals surface area (Å²) >= 11 is 0. The van der Waals surface area contributed by atoms with Gasteiger partial charge in [0.05, 0.1) is 5.69 Å². The summed E-state index contributed by atoms with van der Waals surface area (Å²) in [5.41, 5.74) is 2.25. The standard InChI is InChI=1S/C17H12N2O2/c1-2-13-5-3-7-15(11-13)18-10-4-6-14-12-16(19-21)8-9-17(14)20/h1,3-12,20H/b6-4+,18-10?. The van der Waals surface area contributed by atoms with Gasteiger partial charge in [-0.15, -0.1) is 11.3 Å². The molecule has 2 aromatic rings. The van der Waals surface area contributed by atoms with Crippen LogP contribution in [0.1, 0.15) is 11.1 Å². The van der Waals surface area contributed by atoms with Gasteiger partial charge in [-0.25, -0.2) is 0 Å². The number of aliphatic imine (C=N–C) groups is 1. The number of phenols is 1. The Morgan fingerprint density at radius 2 is 2.00 bits per heavy atom. The third-order valence-electron chi connectivity index (χ3n) is 2.71. The lowest BCUT2D eigenvalue weighted by molar-refractivity contribution is 0.474. The lowest BCUT2D eigenvalue weighted by atomic mass is 10.1. The first-order valence-electron chi connectivity index (χ1n) is 6.17. The number of allylic oxidation sites excluding steroid dienone is 1. The molecule has 0 aliphatic heterocycles. The molecule has 0 amide bonds. The SMILES string of the molecule is C#Cc1cccc(N=C/C=C/c2cc(N=O)ccc2O)c1. The van der Waals surface area contributed by atoms with Crippen molar-refractivity contribution in [2.45, 2.75) is 0 Å². The fourth-order valence-corrected chi connectivity index (χ4v) is 1.68. The number of terminal acetylenes is 1. The fraction of sp³-hybridized carbons (Fsp3) is 0. The predicted molar refractivity (Wildman–Crippen MR) is 85.1 cm³/mol. The number of hydrogen-bond donors (Lipinski definition) is 1. The number of nitroso groups, excluding NO2 is 1. The van der Waals surface area contributed by atoms with Gasteiger partial charge in [0.15, 0.2) is 0 Å². The van der Waals surface area contributed by atoms with Crippen LogP contribution in [0.15, 0.2) is 58.7 Å². The zero-order valence-corrected chi connectivity index (χ0v) is 11.1. The van der Waals surface area contributed by atoms with Crippen molar-refractivity contribution in [2.75, 3.05) is 0 Å². The second-order valence-electron chi connectivity index (χ2n) is 4.17. The minimum absolute atomic E-state index is 0.0707. The average Bonchev–Trinajstić information content (AvgIpc) is 2.53. The topological polar surface area (TPSA) is 62.0 Å². The Morgan fingerprint density at radius 1 is 1.14 bits per heavy atom. The average molecular weight is 276 g/mol. The molecule has 0 heterocycles. The number of hydrogen-bond acceptors (Lipinski definition) is 4. The molecule has 1 N–H and O–H groups in total. The zero-order chi connectivity index (χ0) is 15.1. The molecule has 4 heteroatoms. The number of aromatic hydroxyl groups is 1. The molecular weight excluding hydrogens is 264 g/mol. The number of rotatable bonds is 4. The van der Waals surface area contributed by atoms with Crippen molar-refractivity contribution in [3.8, 4) is 18.1 Å². The Morgan fingerprint density at radius 3 is 2.76 bits per heavy atom. The van der Waals surface area contributed by atoms with Crippen molar-refractivity contribution in [1.29, 1.82) is 0 Å². The maximum atomic E-state index is 10.4. The van der Waals surface area contributed by atoms with Crippen LogP contribution in [0.3, 0.4) is 0 Å². The van der Waals surface area contributed by atoms with Crippen LogP contribution in [0.25, 0.3) is 6.08 Å². The van der Waals surface area contributed by atoms with Crippen molar-refractivity contribution < 1.29 is 5.11 Å². The highest BCUT2D eigenvalue weighted by atomic mass is 16.3. The van der Waals surface area contributed by atoms with Gasteiger partial charge in [0.1, 0.15) is 11.4 Å². The van der Waals surface area contributed by atoms with Gasteiger partial charge in [0.25, 0.3) is 0 Å². The Balaban J connectivity index is 2.13. The summed E-state index contributed by atoms with van der Waals surface area (Å²) in [7, 11) is 0. The van der Waals surface area contributed by atoms with E-state index >= 15 is 0 Å². The molecule has 0 bridgehead atoms. The highest BCUT2D eigenvalue weighted by molar-refractivity contribution is 5.81. The van der Waals surface area contributed by atoms with Gasteiger partial charge >= 0.3 is 0 Å². The van der Waals surface area contributed by atoms with E-state index in [1.165, 1.54) is 18.2 Å². The number of benzene rings is 2. The molecule has 4 nitrogen and oxygen atoms in total. The van der Waals surface area contributed by atoms with E-state index in [4.69, 9.17) is 6.42 Å². The van der Waals surface area contributed by atoms with Crippen molar-refractivity contribution in [1.82, 2.24) is 0 Å². The van der Waals surface area contributed by atoms with E-state index in [2.05, 4.69) is 16.1 Å². The van der Waals surface area contributed by atoms with Gasteiger partial charge in [-0.2, -0.15) is 0 Å². The molecule has 0 radical (unpaired) electrons. The van der Waals surface area contributed by atoms with Crippen molar-refractivity contribution in [2.24, 2.45) is 10.2 Å². The summed E-state index contributed by atoms with van der Waals surface area (Å²) in [6, 6.07) is 11.6. The third kappa shape index (κ3) is 3.88. The Hall–Kier alpha value is -3.19. The molecule has 2 rings (SSSR count). The predicted octanol–water partition coefficient (Wildman–Crippen LogP) is 4.19. The summed E-state index contributed by atoms with van der Waals surface area (Å²) in [5, 5.41) is 12.5. The van der Waals surface area contributed by atoms with Gasteiger partial charge < -0.3 is 5.11 Å². The smallest absolute Gasteiger partial charge is 0.122 e. The molecule has 0 saturated heterocycles. The maximum absolute atomic E-state index is 10.4. The van der Waals surface area contributed by atoms with E-state index in [1.54, 1.807) is 24.4 Å².